The Bertz CT molecular complexity index is 6570. The van der Waals surface area contributed by atoms with E-state index in [9.17, 15) is 70.8 Å². The molecule has 29 heteroatoms. The SMILES string of the molecule is CCCCN(c1ccccc1CCc1ccc(C(=O)O)cc1)S(=O)(=O)c1c(C)cc(OC)c(C)c1C.CCCCN(c1ccccc1CCc1ccc(C(=O)O)cc1)S(=O)(=O)c1ccc(C(C)=O)cc1.CCCCN(c1ccccc1CCc1ccc(C(=O)O)cc1)S(=O)(=O)c1ccc(F)cc1F.CCCCN(c1ccccc1CCc1ccc(C(=O)O)cc1)S(=O)(=O)c1ccccc1F. The molecule has 0 saturated carbocycles. The van der Waals surface area contributed by atoms with Gasteiger partial charge >= 0.3 is 23.9 Å². The normalized spacial score (nSPS) is 11.3. The first-order valence-electron chi connectivity index (χ1n) is 44.6. The summed E-state index contributed by atoms with van der Waals surface area (Å²) >= 11 is 0. The molecular weight excluding hydrogens is 1800 g/mol. The molecule has 0 aliphatic carbocycles. The zero-order valence-corrected chi connectivity index (χ0v) is 80.4. The van der Waals surface area contributed by atoms with Crippen LogP contribution in [-0.4, -0.2) is 117 Å². The number of rotatable bonds is 42. The third kappa shape index (κ3) is 28.0. The summed E-state index contributed by atoms with van der Waals surface area (Å²) in [7, 11) is -14.4. The predicted molar refractivity (Wildman–Crippen MR) is 523 cm³/mol. The largest absolute Gasteiger partial charge is 0.496 e. The fraction of sp³-hybridized carbons (Fsp3) is 0.274. The first-order valence-corrected chi connectivity index (χ1v) is 50.4. The van der Waals surface area contributed by atoms with Gasteiger partial charge in [0, 0.05) is 37.8 Å². The number of carbonyl (C=O) groups is 5. The number of sulfonamides is 4. The number of carbonyl (C=O) groups excluding carboxylic acids is 1. The number of aromatic carboxylic acids is 4. The Hall–Kier alpha value is -13.2. The van der Waals surface area contributed by atoms with E-state index in [0.29, 0.717) is 140 Å². The van der Waals surface area contributed by atoms with Gasteiger partial charge in [0.25, 0.3) is 40.1 Å². The van der Waals surface area contributed by atoms with Gasteiger partial charge in [0.05, 0.1) is 61.9 Å². The molecule has 0 atom stereocenters. The highest BCUT2D eigenvalue weighted by atomic mass is 32.2. The number of ketones is 1. The molecule has 12 aromatic carbocycles. The maximum Gasteiger partial charge on any atom is 0.335 e. The van der Waals surface area contributed by atoms with E-state index in [1.807, 2.05) is 127 Å². The zero-order valence-electron chi connectivity index (χ0n) is 77.1. The Morgan fingerprint density at radius 2 is 0.607 bits per heavy atom. The van der Waals surface area contributed by atoms with Gasteiger partial charge in [0.15, 0.2) is 5.78 Å². The quantitative estimate of drug-likeness (QED) is 0.0258. The third-order valence-corrected chi connectivity index (χ3v) is 30.5. The minimum atomic E-state index is -4.27. The van der Waals surface area contributed by atoms with Crippen LogP contribution in [0.5, 0.6) is 5.75 Å². The minimum absolute atomic E-state index is 0.117. The van der Waals surface area contributed by atoms with Crippen molar-refractivity contribution in [1.29, 1.82) is 0 Å². The number of hydrogen-bond acceptors (Lipinski definition) is 14. The van der Waals surface area contributed by atoms with E-state index in [4.69, 9.17) is 25.2 Å². The summed E-state index contributed by atoms with van der Waals surface area (Å²) in [6.07, 6.45) is 10.6. The number of para-hydroxylation sites is 4. The summed E-state index contributed by atoms with van der Waals surface area (Å²) in [5.74, 6) is -6.10. The van der Waals surface area contributed by atoms with Crippen molar-refractivity contribution >= 4 is 92.5 Å². The number of anilines is 4. The summed E-state index contributed by atoms with van der Waals surface area (Å²) in [4.78, 5) is 55.5. The molecule has 0 aliphatic heterocycles. The van der Waals surface area contributed by atoms with Crippen molar-refractivity contribution in [2.75, 3.05) is 50.5 Å². The second kappa shape index (κ2) is 49.7. The van der Waals surface area contributed by atoms with Crippen molar-refractivity contribution in [2.24, 2.45) is 0 Å². The lowest BCUT2D eigenvalue weighted by molar-refractivity contribution is 0.0686. The summed E-state index contributed by atoms with van der Waals surface area (Å²) in [6, 6.07) is 71.7. The average molecular weight is 1920 g/mol. The number of ether oxygens (including phenoxy) is 1. The summed E-state index contributed by atoms with van der Waals surface area (Å²) < 4.78 is 162. The molecular formula is C106H115F3N4O18S4. The Balaban J connectivity index is 0.000000202. The van der Waals surface area contributed by atoms with Crippen LogP contribution in [-0.2, 0) is 91.5 Å². The fourth-order valence-electron chi connectivity index (χ4n) is 15.2. The molecule has 0 heterocycles. The molecule has 0 radical (unpaired) electrons. The highest BCUT2D eigenvalue weighted by Gasteiger charge is 2.35. The van der Waals surface area contributed by atoms with Crippen LogP contribution in [0.4, 0.5) is 35.9 Å². The second-order valence-electron chi connectivity index (χ2n) is 32.3. The average Bonchev–Trinajstić information content (AvgIpc) is 0.723. The standard InChI is InChI=1S/C29H35NO5S.C27H29NO5S.C25H25F2NO4S.C25H26FNO4S/c1-6-7-18-30(36(33,34)28-20(2)19-27(35-5)21(3)22(28)4)26-11-9-8-10-24(26)15-12-23-13-16-25(17-14-23)29(31)32;1-3-4-19-28(34(32,33)25-17-15-22(16-18-25)20(2)29)26-8-6-5-7-23(26)12-9-21-10-13-24(14-11-21)27(30)31;1-2-3-16-28(33(31,32)24-15-14-21(26)17-22(24)27)23-7-5-4-6-19(23)11-8-18-9-12-20(13-10-18)25(29)30;1-2-3-18-27(32(30,31)24-11-7-5-9-22(24)26)23-10-6-4-8-20(23)15-12-19-13-16-21(17-14-19)25(28)29/h8-11,13-14,16-17,19H,6-7,12,15,18H2,1-5H3,(H,31,32);5-8,10-11,13-18H,3-4,9,12,19H2,1-2H3,(H,30,31);4-7,9-10,12-15,17H,2-3,8,11,16H2,1H3,(H,29,30);4-11,13-14,16-17H,2-3,12,15,18H2,1H3,(H,28,29). The van der Waals surface area contributed by atoms with Gasteiger partial charge in [-0.25, -0.2) is 66.0 Å². The van der Waals surface area contributed by atoms with Gasteiger partial charge in [-0.1, -0.05) is 199 Å². The molecule has 135 heavy (non-hydrogen) atoms. The molecule has 12 rings (SSSR count). The molecule has 0 fully saturated rings. The molecule has 0 unspecified atom stereocenters. The molecule has 4 N–H and O–H groups in total. The monoisotopic (exact) mass is 1920 g/mol. The Morgan fingerprint density at radius 1 is 0.319 bits per heavy atom. The van der Waals surface area contributed by atoms with E-state index in [1.54, 1.807) is 133 Å². The molecule has 0 spiro atoms. The summed E-state index contributed by atoms with van der Waals surface area (Å²) in [5.41, 5.74) is 13.0. The molecule has 0 aromatic heterocycles. The van der Waals surface area contributed by atoms with E-state index in [-0.39, 0.29) is 50.9 Å². The van der Waals surface area contributed by atoms with E-state index >= 15 is 0 Å². The Kier molecular flexibility index (Phi) is 38.8. The molecule has 0 aliphatic rings. The van der Waals surface area contributed by atoms with Crippen molar-refractivity contribution in [3.8, 4) is 5.75 Å². The first-order chi connectivity index (χ1) is 64.4. The number of hydrogen-bond donors (Lipinski definition) is 4. The highest BCUT2D eigenvalue weighted by Crippen LogP contribution is 2.39. The molecule has 0 amide bonds. The number of halogens is 3. The second-order valence-corrected chi connectivity index (χ2v) is 39.6. The molecule has 22 nitrogen and oxygen atoms in total. The zero-order chi connectivity index (χ0) is 98.3. The van der Waals surface area contributed by atoms with Gasteiger partial charge in [-0.05, 0) is 281 Å². The lowest BCUT2D eigenvalue weighted by Crippen LogP contribution is -2.34. The van der Waals surface area contributed by atoms with Crippen LogP contribution in [0.3, 0.4) is 0 Å². The van der Waals surface area contributed by atoms with Crippen LogP contribution in [0.15, 0.2) is 287 Å². The van der Waals surface area contributed by atoms with Crippen molar-refractivity contribution < 1.29 is 96.0 Å². The van der Waals surface area contributed by atoms with Crippen LogP contribution in [0, 0.1) is 38.2 Å². The summed E-state index contributed by atoms with van der Waals surface area (Å²) in [6.45, 7) is 16.1. The van der Waals surface area contributed by atoms with E-state index in [1.165, 1.54) is 62.3 Å². The highest BCUT2D eigenvalue weighted by molar-refractivity contribution is 7.93. The lowest BCUT2D eigenvalue weighted by Gasteiger charge is -2.29. The summed E-state index contributed by atoms with van der Waals surface area (Å²) in [5, 5.41) is 36.3. The Labute approximate surface area is 790 Å². The first kappa shape index (κ1) is 105. The number of benzene rings is 12. The number of Topliss-reactive ketones (excluding diaryl/α,β-unsaturated/α-hetero) is 1. The van der Waals surface area contributed by atoms with E-state index < -0.39 is 86.3 Å². The molecule has 712 valence electrons. The van der Waals surface area contributed by atoms with Gasteiger partial charge in [-0.3, -0.25) is 22.0 Å². The van der Waals surface area contributed by atoms with Gasteiger partial charge < -0.3 is 25.2 Å². The number of nitrogens with zero attached hydrogens (tertiary/aromatic N) is 4. The maximum atomic E-state index is 14.4. The van der Waals surface area contributed by atoms with Crippen molar-refractivity contribution in [3.05, 3.63) is 373 Å². The number of aryl methyl sites for hydroxylation is 9. The molecule has 0 bridgehead atoms. The van der Waals surface area contributed by atoms with Crippen molar-refractivity contribution in [1.82, 2.24) is 0 Å². The number of methoxy groups -OCH3 is 1. The number of carboxylic acids is 4. The topological polar surface area (TPSA) is 325 Å². The van der Waals surface area contributed by atoms with Gasteiger partial charge in [-0.15, -0.1) is 0 Å². The maximum absolute atomic E-state index is 14.4. The minimum Gasteiger partial charge on any atom is -0.496 e. The van der Waals surface area contributed by atoms with Crippen molar-refractivity contribution in [2.45, 2.75) is 178 Å². The van der Waals surface area contributed by atoms with Gasteiger partial charge in [0.2, 0.25) is 0 Å². The predicted octanol–water partition coefficient (Wildman–Crippen LogP) is 22.2. The van der Waals surface area contributed by atoms with Crippen molar-refractivity contribution in [3.63, 3.8) is 0 Å². The van der Waals surface area contributed by atoms with E-state index in [2.05, 4.69) is 0 Å². The third-order valence-electron chi connectivity index (χ3n) is 22.9. The van der Waals surface area contributed by atoms with Crippen LogP contribution in [0.2, 0.25) is 0 Å². The number of unbranched alkanes of at least 4 members (excludes halogenated alkanes) is 4. The lowest BCUT2D eigenvalue weighted by atomic mass is 10.0. The Morgan fingerprint density at radius 3 is 0.904 bits per heavy atom. The molecule has 12 aromatic rings. The van der Waals surface area contributed by atoms with Gasteiger partial charge in [-0.2, -0.15) is 0 Å². The van der Waals surface area contributed by atoms with Crippen LogP contribution in [0.25, 0.3) is 0 Å². The van der Waals surface area contributed by atoms with E-state index in [0.717, 1.165) is 100 Å². The van der Waals surface area contributed by atoms with Crippen LogP contribution in [0.1, 0.15) is 199 Å². The number of carboxylic acid groups (broad SMARTS) is 4. The smallest absolute Gasteiger partial charge is 0.335 e. The fourth-order valence-corrected chi connectivity index (χ4v) is 22.0. The molecule has 0 saturated heterocycles. The van der Waals surface area contributed by atoms with Gasteiger partial charge in [0.1, 0.15) is 33.0 Å². The van der Waals surface area contributed by atoms with Crippen LogP contribution < -0.4 is 22.0 Å². The van der Waals surface area contributed by atoms with Crippen LogP contribution >= 0.6 is 0 Å².